The number of hydrogen-bond acceptors (Lipinski definition) is 5. The van der Waals surface area contributed by atoms with Crippen LogP contribution in [0.4, 0.5) is 11.4 Å². The van der Waals surface area contributed by atoms with Crippen LogP contribution in [0.25, 0.3) is 34.2 Å². The summed E-state index contributed by atoms with van der Waals surface area (Å²) in [4.78, 5) is 0. The van der Waals surface area contributed by atoms with E-state index in [-0.39, 0.29) is 0 Å². The molecule has 3 N–H and O–H groups in total. The first-order valence-corrected chi connectivity index (χ1v) is 12.4. The van der Waals surface area contributed by atoms with E-state index in [0.29, 0.717) is 9.54 Å². The molecule has 0 bridgehead atoms. The second-order valence-electron chi connectivity index (χ2n) is 8.29. The predicted molar refractivity (Wildman–Crippen MR) is 152 cm³/mol. The van der Waals surface area contributed by atoms with Gasteiger partial charge in [-0.05, 0) is 85.1 Å². The fourth-order valence-electron chi connectivity index (χ4n) is 4.25. The van der Waals surface area contributed by atoms with E-state index >= 15 is 0 Å². The molecular formula is C28H21N7S2. The number of H-pyrrole nitrogens is 2. The van der Waals surface area contributed by atoms with Gasteiger partial charge in [-0.1, -0.05) is 48.5 Å². The molecule has 6 rings (SSSR count). The van der Waals surface area contributed by atoms with Gasteiger partial charge in [0, 0.05) is 33.9 Å². The van der Waals surface area contributed by atoms with Crippen LogP contribution in [0.3, 0.4) is 0 Å². The van der Waals surface area contributed by atoms with Crippen LogP contribution >= 0.6 is 24.4 Å². The summed E-state index contributed by atoms with van der Waals surface area (Å²) in [5.41, 5.74) is 5.61. The number of para-hydroxylation sites is 3. The number of benzene rings is 4. The second kappa shape index (κ2) is 9.81. The van der Waals surface area contributed by atoms with E-state index in [1.165, 1.54) is 0 Å². The smallest absolute Gasteiger partial charge is 0.200 e. The fraction of sp³-hybridized carbons (Fsp3) is 0. The van der Waals surface area contributed by atoms with Crippen LogP contribution in [-0.4, -0.2) is 29.5 Å². The van der Waals surface area contributed by atoms with Crippen molar-refractivity contribution in [3.63, 3.8) is 0 Å². The van der Waals surface area contributed by atoms with Crippen molar-refractivity contribution in [2.45, 2.75) is 0 Å². The number of nitrogens with zero attached hydrogens (tertiary/aromatic N) is 4. The van der Waals surface area contributed by atoms with Gasteiger partial charge >= 0.3 is 0 Å². The lowest BCUT2D eigenvalue weighted by Gasteiger charge is -2.13. The first kappa shape index (κ1) is 22.8. The first-order chi connectivity index (χ1) is 18.2. The highest BCUT2D eigenvalue weighted by atomic mass is 32.1. The van der Waals surface area contributed by atoms with E-state index in [1.807, 2.05) is 118 Å². The largest absolute Gasteiger partial charge is 0.355 e. The van der Waals surface area contributed by atoms with Crippen molar-refractivity contribution in [2.24, 2.45) is 0 Å². The SMILES string of the molecule is S=c1[nH]nc(-c2ccc(Nc3ccccc3-c3n[nH]c(=S)n3-c3ccccc3)cc2)n1-c1ccccc1. The first-order valence-electron chi connectivity index (χ1n) is 11.6. The summed E-state index contributed by atoms with van der Waals surface area (Å²) in [5, 5.41) is 18.4. The van der Waals surface area contributed by atoms with Gasteiger partial charge in [0.25, 0.3) is 0 Å². The average molecular weight is 520 g/mol. The third-order valence-electron chi connectivity index (χ3n) is 5.96. The third-order valence-corrected chi connectivity index (χ3v) is 6.51. The van der Waals surface area contributed by atoms with Crippen LogP contribution in [-0.2, 0) is 0 Å². The molecule has 0 atom stereocenters. The van der Waals surface area contributed by atoms with Gasteiger partial charge in [0.05, 0.1) is 0 Å². The minimum absolute atomic E-state index is 0.534. The summed E-state index contributed by atoms with van der Waals surface area (Å²) in [6.45, 7) is 0. The van der Waals surface area contributed by atoms with Crippen LogP contribution in [0.5, 0.6) is 0 Å². The average Bonchev–Trinajstić information content (AvgIpc) is 3.53. The van der Waals surface area contributed by atoms with Gasteiger partial charge in [-0.15, -0.1) is 0 Å². The summed E-state index contributed by atoms with van der Waals surface area (Å²) >= 11 is 11.0. The van der Waals surface area contributed by atoms with E-state index in [4.69, 9.17) is 24.4 Å². The minimum atomic E-state index is 0.534. The fourth-order valence-corrected chi connectivity index (χ4v) is 4.72. The van der Waals surface area contributed by atoms with Crippen molar-refractivity contribution in [3.8, 4) is 34.2 Å². The van der Waals surface area contributed by atoms with Gasteiger partial charge in [0.2, 0.25) is 0 Å². The van der Waals surface area contributed by atoms with Crippen molar-refractivity contribution in [2.75, 3.05) is 5.32 Å². The minimum Gasteiger partial charge on any atom is -0.355 e. The lowest BCUT2D eigenvalue weighted by atomic mass is 10.1. The maximum atomic E-state index is 5.54. The van der Waals surface area contributed by atoms with Gasteiger partial charge in [-0.3, -0.25) is 19.3 Å². The molecule has 7 nitrogen and oxygen atoms in total. The predicted octanol–water partition coefficient (Wildman–Crippen LogP) is 7.25. The molecule has 0 spiro atoms. The van der Waals surface area contributed by atoms with Gasteiger partial charge in [0.1, 0.15) is 0 Å². The summed E-state index contributed by atoms with van der Waals surface area (Å²) < 4.78 is 4.95. The number of rotatable bonds is 6. The molecule has 0 fully saturated rings. The van der Waals surface area contributed by atoms with E-state index in [9.17, 15) is 0 Å². The Bertz CT molecular complexity index is 1780. The molecule has 0 saturated heterocycles. The summed E-state index contributed by atoms with van der Waals surface area (Å²) in [7, 11) is 0. The Kier molecular flexibility index (Phi) is 6.05. The van der Waals surface area contributed by atoms with E-state index in [0.717, 1.165) is 45.5 Å². The number of anilines is 2. The van der Waals surface area contributed by atoms with Crippen molar-refractivity contribution in [1.29, 1.82) is 0 Å². The van der Waals surface area contributed by atoms with Crippen LogP contribution in [0.15, 0.2) is 109 Å². The monoisotopic (exact) mass is 519 g/mol. The summed E-state index contributed by atoms with van der Waals surface area (Å²) in [6.07, 6.45) is 0. The van der Waals surface area contributed by atoms with E-state index < -0.39 is 0 Å². The zero-order chi connectivity index (χ0) is 25.2. The molecule has 37 heavy (non-hydrogen) atoms. The van der Waals surface area contributed by atoms with E-state index in [2.05, 4.69) is 25.7 Å². The molecule has 9 heteroatoms. The van der Waals surface area contributed by atoms with Crippen LogP contribution in [0.2, 0.25) is 0 Å². The Morgan fingerprint density at radius 2 is 1.08 bits per heavy atom. The number of nitrogens with one attached hydrogen (secondary N) is 3. The lowest BCUT2D eigenvalue weighted by Crippen LogP contribution is -2.00. The molecule has 2 heterocycles. The molecule has 6 aromatic rings. The Balaban J connectivity index is 1.33. The summed E-state index contributed by atoms with van der Waals surface area (Å²) in [6, 6.07) is 36.0. The third kappa shape index (κ3) is 4.42. The molecule has 2 aromatic heterocycles. The van der Waals surface area contributed by atoms with Crippen molar-refractivity contribution in [1.82, 2.24) is 29.5 Å². The lowest BCUT2D eigenvalue weighted by molar-refractivity contribution is 1.04. The van der Waals surface area contributed by atoms with Crippen LogP contribution < -0.4 is 5.32 Å². The quantitative estimate of drug-likeness (QED) is 0.202. The van der Waals surface area contributed by atoms with Gasteiger partial charge in [-0.2, -0.15) is 10.2 Å². The molecule has 0 radical (unpaired) electrons. The molecule has 0 aliphatic heterocycles. The molecule has 0 aliphatic carbocycles. The zero-order valence-corrected chi connectivity index (χ0v) is 21.1. The Morgan fingerprint density at radius 1 is 0.568 bits per heavy atom. The van der Waals surface area contributed by atoms with Crippen molar-refractivity contribution in [3.05, 3.63) is 119 Å². The maximum Gasteiger partial charge on any atom is 0.200 e. The highest BCUT2D eigenvalue weighted by Gasteiger charge is 2.15. The molecule has 180 valence electrons. The Morgan fingerprint density at radius 3 is 1.70 bits per heavy atom. The second-order valence-corrected chi connectivity index (χ2v) is 9.07. The molecular weight excluding hydrogens is 498 g/mol. The maximum absolute atomic E-state index is 5.54. The normalized spacial score (nSPS) is 10.9. The highest BCUT2D eigenvalue weighted by molar-refractivity contribution is 7.71. The van der Waals surface area contributed by atoms with Crippen molar-refractivity contribution >= 4 is 35.8 Å². The van der Waals surface area contributed by atoms with Gasteiger partial charge in [-0.25, -0.2) is 0 Å². The zero-order valence-electron chi connectivity index (χ0n) is 19.5. The van der Waals surface area contributed by atoms with Crippen LogP contribution in [0, 0.1) is 9.54 Å². The van der Waals surface area contributed by atoms with E-state index in [1.54, 1.807) is 0 Å². The van der Waals surface area contributed by atoms with Crippen LogP contribution in [0.1, 0.15) is 0 Å². The molecule has 0 saturated carbocycles. The number of aromatic nitrogens is 6. The molecule has 4 aromatic carbocycles. The number of aromatic amines is 2. The van der Waals surface area contributed by atoms with Crippen molar-refractivity contribution < 1.29 is 0 Å². The highest BCUT2D eigenvalue weighted by Crippen LogP contribution is 2.31. The Hall–Kier alpha value is -4.60. The number of hydrogen-bond donors (Lipinski definition) is 3. The summed E-state index contributed by atoms with van der Waals surface area (Å²) in [5.74, 6) is 1.48. The van der Waals surface area contributed by atoms with Gasteiger partial charge < -0.3 is 5.32 Å². The topological polar surface area (TPSA) is 79.2 Å². The molecule has 0 unspecified atom stereocenters. The standard InChI is InChI=1S/C28H21N7S2/c36-27-32-30-25(34(27)21-9-3-1-4-10-21)19-15-17-20(18-16-19)29-24-14-8-7-13-23(24)26-31-33-28(37)35(26)22-11-5-2-6-12-22/h1-18,29H,(H,32,36)(H,33,37). The molecule has 0 aliphatic rings. The van der Waals surface area contributed by atoms with Gasteiger partial charge in [0.15, 0.2) is 21.2 Å². The molecule has 0 amide bonds. The Labute approximate surface area is 223 Å².